The Morgan fingerprint density at radius 3 is 3.04 bits per heavy atom. The Morgan fingerprint density at radius 1 is 1.44 bits per heavy atom. The van der Waals surface area contributed by atoms with E-state index in [0.717, 1.165) is 38.4 Å². The van der Waals surface area contributed by atoms with Crippen molar-refractivity contribution in [1.82, 2.24) is 15.5 Å². The second kappa shape index (κ2) is 12.5. The Bertz CT molecular complexity index is 551. The zero-order valence-corrected chi connectivity index (χ0v) is 18.2. The van der Waals surface area contributed by atoms with Crippen LogP contribution in [0.2, 0.25) is 0 Å². The lowest BCUT2D eigenvalue weighted by Crippen LogP contribution is -2.41. The summed E-state index contributed by atoms with van der Waals surface area (Å²) in [6.45, 7) is 6.44. The summed E-state index contributed by atoms with van der Waals surface area (Å²) in [5.41, 5.74) is 1.31. The maximum absolute atomic E-state index is 12.4. The molecule has 2 heterocycles. The van der Waals surface area contributed by atoms with E-state index in [9.17, 15) is 4.79 Å². The topological polar surface area (TPSA) is 66.0 Å². The van der Waals surface area contributed by atoms with Crippen molar-refractivity contribution in [1.29, 1.82) is 0 Å². The minimum atomic E-state index is 0. The summed E-state index contributed by atoms with van der Waals surface area (Å²) in [5.74, 6) is 0.967. The molecule has 0 radical (unpaired) electrons. The molecule has 2 rings (SSSR count). The fraction of sp³-hybridized carbons (Fsp3) is 0.647. The van der Waals surface area contributed by atoms with E-state index < -0.39 is 0 Å². The lowest BCUT2D eigenvalue weighted by Gasteiger charge is -2.27. The van der Waals surface area contributed by atoms with Crippen LogP contribution in [0.4, 0.5) is 0 Å². The smallest absolute Gasteiger partial charge is 0.224 e. The SMILES string of the molecule is CCNC(=NCCCOC)NCCC(=O)N1CCc2sccc2C1.I. The molecule has 6 nitrogen and oxygen atoms in total. The van der Waals surface area contributed by atoms with Crippen LogP contribution in [0, 0.1) is 0 Å². The van der Waals surface area contributed by atoms with Gasteiger partial charge in [0.2, 0.25) is 5.91 Å². The number of thiophene rings is 1. The standard InChI is InChI=1S/C17H28N4O2S.HI/c1-3-18-17(19-8-4-11-23-2)20-9-5-16(22)21-10-6-15-14(13-21)7-12-24-15;/h7,12H,3-6,8-11,13H2,1-2H3,(H2,18,19,20);1H. The summed E-state index contributed by atoms with van der Waals surface area (Å²) in [5, 5.41) is 8.55. The summed E-state index contributed by atoms with van der Waals surface area (Å²) in [6, 6.07) is 2.13. The summed E-state index contributed by atoms with van der Waals surface area (Å²) in [6.07, 6.45) is 2.36. The summed E-state index contributed by atoms with van der Waals surface area (Å²) >= 11 is 1.79. The Kier molecular flexibility index (Phi) is 11.1. The first-order valence-corrected chi connectivity index (χ1v) is 9.46. The van der Waals surface area contributed by atoms with Crippen LogP contribution in [-0.2, 0) is 22.5 Å². The van der Waals surface area contributed by atoms with Crippen molar-refractivity contribution in [3.8, 4) is 0 Å². The maximum atomic E-state index is 12.4. The van der Waals surface area contributed by atoms with Crippen LogP contribution in [-0.4, -0.2) is 56.7 Å². The molecule has 1 aliphatic heterocycles. The highest BCUT2D eigenvalue weighted by Crippen LogP contribution is 2.24. The second-order valence-corrected chi connectivity index (χ2v) is 6.72. The molecule has 1 aromatic heterocycles. The van der Waals surface area contributed by atoms with Gasteiger partial charge in [0.15, 0.2) is 5.96 Å². The molecule has 0 saturated heterocycles. The van der Waals surface area contributed by atoms with Gasteiger partial charge < -0.3 is 20.3 Å². The summed E-state index contributed by atoms with van der Waals surface area (Å²) in [7, 11) is 1.69. The molecule has 0 saturated carbocycles. The molecule has 1 amide bonds. The van der Waals surface area contributed by atoms with Crippen molar-refractivity contribution in [3.63, 3.8) is 0 Å². The third kappa shape index (κ3) is 7.49. The normalized spacial score (nSPS) is 13.8. The van der Waals surface area contributed by atoms with Crippen molar-refractivity contribution < 1.29 is 9.53 Å². The number of carbonyl (C=O) groups is 1. The molecular weight excluding hydrogens is 451 g/mol. The molecule has 142 valence electrons. The number of nitrogens with zero attached hydrogens (tertiary/aromatic N) is 2. The van der Waals surface area contributed by atoms with Gasteiger partial charge in [0.05, 0.1) is 0 Å². The third-order valence-electron chi connectivity index (χ3n) is 3.91. The van der Waals surface area contributed by atoms with Gasteiger partial charge in [-0.2, -0.15) is 0 Å². The molecule has 0 aromatic carbocycles. The molecule has 1 aliphatic rings. The highest BCUT2D eigenvalue weighted by atomic mass is 127. The van der Waals surface area contributed by atoms with Crippen molar-refractivity contribution in [3.05, 3.63) is 21.9 Å². The number of hydrogen-bond donors (Lipinski definition) is 2. The lowest BCUT2D eigenvalue weighted by molar-refractivity contribution is -0.131. The quantitative estimate of drug-likeness (QED) is 0.259. The zero-order chi connectivity index (χ0) is 17.2. The predicted molar refractivity (Wildman–Crippen MR) is 114 cm³/mol. The predicted octanol–water partition coefficient (Wildman–Crippen LogP) is 2.23. The fourth-order valence-corrected chi connectivity index (χ4v) is 3.54. The Hall–Kier alpha value is -0.870. The second-order valence-electron chi connectivity index (χ2n) is 5.72. The zero-order valence-electron chi connectivity index (χ0n) is 15.0. The van der Waals surface area contributed by atoms with E-state index >= 15 is 0 Å². The molecule has 0 fully saturated rings. The van der Waals surface area contributed by atoms with Crippen molar-refractivity contribution in [2.24, 2.45) is 4.99 Å². The molecule has 0 unspecified atom stereocenters. The van der Waals surface area contributed by atoms with Gasteiger partial charge in [-0.15, -0.1) is 35.3 Å². The van der Waals surface area contributed by atoms with Crippen LogP contribution >= 0.6 is 35.3 Å². The minimum absolute atomic E-state index is 0. The van der Waals surface area contributed by atoms with Crippen molar-refractivity contribution >= 4 is 47.2 Å². The van der Waals surface area contributed by atoms with E-state index in [1.807, 2.05) is 11.8 Å². The number of methoxy groups -OCH3 is 1. The Labute approximate surface area is 171 Å². The fourth-order valence-electron chi connectivity index (χ4n) is 2.65. The average Bonchev–Trinajstić information content (AvgIpc) is 3.06. The lowest BCUT2D eigenvalue weighted by atomic mass is 10.1. The number of nitrogens with one attached hydrogen (secondary N) is 2. The van der Waals surface area contributed by atoms with Gasteiger partial charge in [-0.05, 0) is 36.8 Å². The molecule has 0 spiro atoms. The van der Waals surface area contributed by atoms with Crippen molar-refractivity contribution in [2.75, 3.05) is 39.9 Å². The molecule has 0 bridgehead atoms. The Balaban J connectivity index is 0.00000312. The van der Waals surface area contributed by atoms with Crippen LogP contribution in [0.15, 0.2) is 16.4 Å². The number of rotatable bonds is 8. The first-order valence-electron chi connectivity index (χ1n) is 8.58. The number of halogens is 1. The van der Waals surface area contributed by atoms with E-state index in [1.165, 1.54) is 10.4 Å². The monoisotopic (exact) mass is 480 g/mol. The van der Waals surface area contributed by atoms with Gasteiger partial charge in [-0.1, -0.05) is 0 Å². The molecule has 2 N–H and O–H groups in total. The first kappa shape index (κ1) is 22.2. The van der Waals surface area contributed by atoms with Crippen LogP contribution in [0.5, 0.6) is 0 Å². The number of ether oxygens (including phenoxy) is 1. The van der Waals surface area contributed by atoms with E-state index in [4.69, 9.17) is 4.74 Å². The largest absolute Gasteiger partial charge is 0.385 e. The van der Waals surface area contributed by atoms with Gasteiger partial charge in [0.25, 0.3) is 0 Å². The minimum Gasteiger partial charge on any atom is -0.385 e. The van der Waals surface area contributed by atoms with Crippen LogP contribution < -0.4 is 10.6 Å². The highest BCUT2D eigenvalue weighted by molar-refractivity contribution is 14.0. The van der Waals surface area contributed by atoms with Gasteiger partial charge in [-0.25, -0.2) is 0 Å². The number of hydrogen-bond acceptors (Lipinski definition) is 4. The first-order chi connectivity index (χ1) is 11.7. The van der Waals surface area contributed by atoms with Crippen LogP contribution in [0.1, 0.15) is 30.2 Å². The molecule has 25 heavy (non-hydrogen) atoms. The van der Waals surface area contributed by atoms with Crippen LogP contribution in [0.3, 0.4) is 0 Å². The molecular formula is C17H29IN4O2S. The average molecular weight is 480 g/mol. The van der Waals surface area contributed by atoms with E-state index in [0.29, 0.717) is 26.1 Å². The molecule has 0 aliphatic carbocycles. The highest BCUT2D eigenvalue weighted by Gasteiger charge is 2.20. The number of aliphatic imine (C=N–C) groups is 1. The number of fused-ring (bicyclic) bond motifs is 1. The van der Waals surface area contributed by atoms with E-state index in [2.05, 4.69) is 27.1 Å². The van der Waals surface area contributed by atoms with Gasteiger partial charge in [0, 0.05) is 57.7 Å². The van der Waals surface area contributed by atoms with Crippen molar-refractivity contribution in [2.45, 2.75) is 32.7 Å². The maximum Gasteiger partial charge on any atom is 0.224 e. The summed E-state index contributed by atoms with van der Waals surface area (Å²) < 4.78 is 5.02. The molecule has 1 aromatic rings. The number of carbonyl (C=O) groups excluding carboxylic acids is 1. The number of guanidine groups is 1. The Morgan fingerprint density at radius 2 is 2.28 bits per heavy atom. The van der Waals surface area contributed by atoms with E-state index in [1.54, 1.807) is 18.4 Å². The van der Waals surface area contributed by atoms with Gasteiger partial charge >= 0.3 is 0 Å². The number of amides is 1. The van der Waals surface area contributed by atoms with Gasteiger partial charge in [0.1, 0.15) is 0 Å². The summed E-state index contributed by atoms with van der Waals surface area (Å²) in [4.78, 5) is 20.2. The molecule has 8 heteroatoms. The molecule has 0 atom stereocenters. The third-order valence-corrected chi connectivity index (χ3v) is 4.94. The van der Waals surface area contributed by atoms with Gasteiger partial charge in [-0.3, -0.25) is 9.79 Å². The van der Waals surface area contributed by atoms with Crippen LogP contribution in [0.25, 0.3) is 0 Å². The van der Waals surface area contributed by atoms with E-state index in [-0.39, 0.29) is 29.9 Å².